The maximum absolute atomic E-state index is 13.5. The lowest BCUT2D eigenvalue weighted by molar-refractivity contribution is 0.0487. The van der Waals surface area contributed by atoms with Gasteiger partial charge in [0.15, 0.2) is 29.2 Å². The first-order valence-corrected chi connectivity index (χ1v) is 25.6. The molecule has 1 aliphatic heterocycles. The fourth-order valence-corrected chi connectivity index (χ4v) is 8.23. The third-order valence-corrected chi connectivity index (χ3v) is 12.7. The molecule has 0 saturated carbocycles. The number of hydrogen-bond acceptors (Lipinski definition) is 14. The number of anilines is 1. The zero-order valence-corrected chi connectivity index (χ0v) is 44.7. The van der Waals surface area contributed by atoms with Crippen molar-refractivity contribution >= 4 is 53.1 Å². The van der Waals surface area contributed by atoms with E-state index in [0.717, 1.165) is 0 Å². The van der Waals surface area contributed by atoms with Crippen LogP contribution in [-0.4, -0.2) is 126 Å². The summed E-state index contributed by atoms with van der Waals surface area (Å²) < 4.78 is 11.5. The molecule has 1 heterocycles. The number of ketones is 4. The van der Waals surface area contributed by atoms with Crippen LogP contribution in [0.4, 0.5) is 24.9 Å². The predicted octanol–water partition coefficient (Wildman–Crippen LogP) is 9.14. The average molecular weight is 1050 g/mol. The highest BCUT2D eigenvalue weighted by molar-refractivity contribution is 6.11. The van der Waals surface area contributed by atoms with E-state index in [2.05, 4.69) is 5.32 Å². The molecule has 4 aromatic carbocycles. The maximum Gasteiger partial charge on any atom is 0.414 e. The number of carbonyl (C=O) groups excluding carboxylic acids is 8. The van der Waals surface area contributed by atoms with Gasteiger partial charge in [0.05, 0.1) is 0 Å². The molecular formula is C58H72N4O14. The molecule has 408 valence electrons. The standard InChI is InChI=1S/C58H72N4O14/c1-55(2,71)47(63)41-19-17-38(18-20-41)37-75-54(70)60(45-31-29-44(30-32-45)50(66)58(7,8)74)34-14-11-12-16-36-62-52(68)61(53(62)69)35-15-10-9-13-33-59-51(67)76-46(39-21-25-42(26-22-39)48(64)56(3,4)72)40-23-27-43(28-24-40)49(65)57(5,6)73/h17-32,46,71-74H,9-16,33-37H2,1-8H3,(H,59,67). The van der Waals surface area contributed by atoms with Gasteiger partial charge in [-0.25, -0.2) is 29.0 Å². The topological polar surface area (TPSA) is 258 Å². The van der Waals surface area contributed by atoms with Gasteiger partial charge in [0.2, 0.25) is 0 Å². The summed E-state index contributed by atoms with van der Waals surface area (Å²) in [5.41, 5.74) is -3.01. The summed E-state index contributed by atoms with van der Waals surface area (Å²) in [4.78, 5) is 107. The van der Waals surface area contributed by atoms with E-state index < -0.39 is 63.8 Å². The molecular weight excluding hydrogens is 977 g/mol. The molecule has 0 radical (unpaired) electrons. The number of nitrogens with one attached hydrogen (secondary N) is 1. The molecule has 5 rings (SSSR count). The second-order valence-corrected chi connectivity index (χ2v) is 21.2. The van der Waals surface area contributed by atoms with Gasteiger partial charge in [-0.15, -0.1) is 0 Å². The lowest BCUT2D eigenvalue weighted by Gasteiger charge is -2.39. The van der Waals surface area contributed by atoms with Crippen molar-refractivity contribution in [2.45, 2.75) is 142 Å². The number of nitrogens with zero attached hydrogens (tertiary/aromatic N) is 3. The molecule has 76 heavy (non-hydrogen) atoms. The number of amides is 6. The molecule has 0 atom stereocenters. The molecule has 0 aliphatic carbocycles. The van der Waals surface area contributed by atoms with Crippen LogP contribution in [0, 0.1) is 0 Å². The van der Waals surface area contributed by atoms with Crippen molar-refractivity contribution in [2.24, 2.45) is 0 Å². The Bertz CT molecular complexity index is 2610. The van der Waals surface area contributed by atoms with Crippen LogP contribution in [0.1, 0.15) is 171 Å². The maximum atomic E-state index is 13.5. The Balaban J connectivity index is 1.03. The third kappa shape index (κ3) is 16.4. The number of Topliss-reactive ketones (excluding diaryl/α,β-unsaturated/α-hetero) is 4. The van der Waals surface area contributed by atoms with Gasteiger partial charge in [-0.3, -0.25) is 24.1 Å². The number of imide groups is 2. The van der Waals surface area contributed by atoms with Crippen LogP contribution in [0.15, 0.2) is 97.1 Å². The van der Waals surface area contributed by atoms with Crippen molar-refractivity contribution in [3.8, 4) is 0 Å². The quantitative estimate of drug-likeness (QED) is 0.0263. The van der Waals surface area contributed by atoms with Crippen LogP contribution in [-0.2, 0) is 16.1 Å². The molecule has 0 unspecified atom stereocenters. The van der Waals surface area contributed by atoms with Gasteiger partial charge in [-0.05, 0) is 122 Å². The van der Waals surface area contributed by atoms with E-state index in [1.54, 1.807) is 60.7 Å². The van der Waals surface area contributed by atoms with Gasteiger partial charge < -0.3 is 35.2 Å². The lowest BCUT2D eigenvalue weighted by Crippen LogP contribution is -2.64. The van der Waals surface area contributed by atoms with Crippen LogP contribution in [0.2, 0.25) is 0 Å². The Kier molecular flexibility index (Phi) is 20.1. The van der Waals surface area contributed by atoms with Crippen molar-refractivity contribution < 1.29 is 68.3 Å². The Hall–Kier alpha value is -7.12. The first kappa shape index (κ1) is 59.8. The molecule has 5 N–H and O–H groups in total. The van der Waals surface area contributed by atoms with Crippen LogP contribution in [0.5, 0.6) is 0 Å². The Morgan fingerprint density at radius 3 is 1.25 bits per heavy atom. The Morgan fingerprint density at radius 2 is 0.855 bits per heavy atom. The van der Waals surface area contributed by atoms with Crippen LogP contribution in [0.25, 0.3) is 0 Å². The zero-order valence-electron chi connectivity index (χ0n) is 44.7. The first-order valence-electron chi connectivity index (χ1n) is 25.6. The molecule has 6 amide bonds. The summed E-state index contributed by atoms with van der Waals surface area (Å²) in [6.45, 7) is 12.1. The number of unbranched alkanes of at least 4 members (excludes halogenated alkanes) is 6. The summed E-state index contributed by atoms with van der Waals surface area (Å²) in [5.74, 6) is -1.88. The minimum Gasteiger partial charge on any atom is -0.444 e. The summed E-state index contributed by atoms with van der Waals surface area (Å²) in [6.07, 6.45) is 2.69. The number of hydrogen-bond donors (Lipinski definition) is 5. The number of ether oxygens (including phenoxy) is 2. The normalized spacial score (nSPS) is 13.1. The number of aliphatic hydroxyl groups is 4. The largest absolute Gasteiger partial charge is 0.444 e. The molecule has 1 saturated heterocycles. The number of alkyl carbamates (subject to hydrolysis) is 1. The van der Waals surface area contributed by atoms with Gasteiger partial charge in [-0.1, -0.05) is 98.5 Å². The van der Waals surface area contributed by atoms with Crippen molar-refractivity contribution in [2.75, 3.05) is 31.1 Å². The van der Waals surface area contributed by atoms with Crippen LogP contribution >= 0.6 is 0 Å². The number of rotatable bonds is 28. The highest BCUT2D eigenvalue weighted by Gasteiger charge is 2.42. The minimum atomic E-state index is -1.58. The van der Waals surface area contributed by atoms with Gasteiger partial charge >= 0.3 is 24.2 Å². The van der Waals surface area contributed by atoms with Gasteiger partial charge in [-0.2, -0.15) is 0 Å². The SMILES string of the molecule is CC(C)(O)C(=O)c1ccc(COC(=O)N(CCCCCCN2C(=O)N(CCCCCCNC(=O)OC(c3ccc(C(=O)C(C)(C)O)cc3)c3ccc(C(=O)C(C)(C)O)cc3)C2=O)c2ccc(C(=O)C(C)(C)O)cc2)cc1. The smallest absolute Gasteiger partial charge is 0.414 e. The van der Waals surface area contributed by atoms with E-state index >= 15 is 0 Å². The van der Waals surface area contributed by atoms with Crippen LogP contribution < -0.4 is 10.2 Å². The highest BCUT2D eigenvalue weighted by atomic mass is 16.6. The van der Waals surface area contributed by atoms with E-state index in [0.29, 0.717) is 79.3 Å². The number of urea groups is 2. The molecule has 1 aliphatic rings. The summed E-state index contributed by atoms with van der Waals surface area (Å²) >= 11 is 0. The van der Waals surface area contributed by atoms with Crippen molar-refractivity contribution in [3.63, 3.8) is 0 Å². The fraction of sp³-hybridized carbons (Fsp3) is 0.448. The predicted molar refractivity (Wildman–Crippen MR) is 283 cm³/mol. The first-order chi connectivity index (χ1) is 35.6. The van der Waals surface area contributed by atoms with Gasteiger partial charge in [0.25, 0.3) is 0 Å². The summed E-state index contributed by atoms with van der Waals surface area (Å²) in [6, 6.07) is 24.5. The summed E-state index contributed by atoms with van der Waals surface area (Å²) in [7, 11) is 0. The van der Waals surface area contributed by atoms with Crippen LogP contribution in [0.3, 0.4) is 0 Å². The molecule has 18 nitrogen and oxygen atoms in total. The Labute approximate surface area is 444 Å². The summed E-state index contributed by atoms with van der Waals surface area (Å²) in [5, 5.41) is 43.4. The van der Waals surface area contributed by atoms with Gasteiger partial charge in [0.1, 0.15) is 29.0 Å². The molecule has 0 aromatic heterocycles. The van der Waals surface area contributed by atoms with E-state index in [4.69, 9.17) is 9.47 Å². The van der Waals surface area contributed by atoms with E-state index in [1.165, 1.54) is 106 Å². The molecule has 0 spiro atoms. The number of benzene rings is 4. The second-order valence-electron chi connectivity index (χ2n) is 21.2. The highest BCUT2D eigenvalue weighted by Crippen LogP contribution is 2.29. The molecule has 4 aromatic rings. The van der Waals surface area contributed by atoms with E-state index in [1.807, 2.05) is 0 Å². The molecule has 18 heteroatoms. The monoisotopic (exact) mass is 1050 g/mol. The fourth-order valence-electron chi connectivity index (χ4n) is 8.23. The van der Waals surface area contributed by atoms with Crippen molar-refractivity contribution in [1.82, 2.24) is 15.1 Å². The van der Waals surface area contributed by atoms with Crippen molar-refractivity contribution in [1.29, 1.82) is 0 Å². The third-order valence-electron chi connectivity index (χ3n) is 12.7. The average Bonchev–Trinajstić information content (AvgIpc) is 3.37. The molecule has 0 bridgehead atoms. The van der Waals surface area contributed by atoms with E-state index in [9.17, 15) is 58.8 Å². The molecule has 1 fully saturated rings. The lowest BCUT2D eigenvalue weighted by atomic mass is 9.92. The van der Waals surface area contributed by atoms with E-state index in [-0.39, 0.29) is 61.5 Å². The van der Waals surface area contributed by atoms with Crippen molar-refractivity contribution in [3.05, 3.63) is 136 Å². The minimum absolute atomic E-state index is 0.0955. The zero-order chi connectivity index (χ0) is 56.2. The number of carbonyl (C=O) groups is 8. The van der Waals surface area contributed by atoms with Gasteiger partial charge in [0, 0.05) is 54.1 Å². The Morgan fingerprint density at radius 1 is 0.500 bits per heavy atom. The second kappa shape index (κ2) is 25.6.